The zero-order valence-corrected chi connectivity index (χ0v) is 12.7. The molecule has 0 unspecified atom stereocenters. The fourth-order valence-electron chi connectivity index (χ4n) is 1.60. The molecule has 0 spiro atoms. The average molecular weight is 276 g/mol. The molecule has 0 saturated carbocycles. The van der Waals surface area contributed by atoms with Crippen LogP contribution < -0.4 is 5.32 Å². The quantitative estimate of drug-likeness (QED) is 0.872. The van der Waals surface area contributed by atoms with E-state index < -0.39 is 0 Å². The highest BCUT2D eigenvalue weighted by molar-refractivity contribution is 7.98. The number of hydrogen-bond donors (Lipinski definition) is 1. The topological polar surface area (TPSA) is 42.7 Å². The van der Waals surface area contributed by atoms with Gasteiger partial charge >= 0.3 is 0 Å². The summed E-state index contributed by atoms with van der Waals surface area (Å²) in [5, 5.41) is 11.7. The summed E-state index contributed by atoms with van der Waals surface area (Å²) in [6, 6.07) is 8.30. The van der Waals surface area contributed by atoms with Gasteiger partial charge in [0, 0.05) is 17.0 Å². The van der Waals surface area contributed by atoms with Gasteiger partial charge in [0.2, 0.25) is 0 Å². The summed E-state index contributed by atoms with van der Waals surface area (Å²) in [5.74, 6) is 0. The largest absolute Gasteiger partial charge is 0.306 e. The van der Waals surface area contributed by atoms with Crippen LogP contribution in [-0.2, 0) is 6.54 Å². The molecule has 0 amide bonds. The van der Waals surface area contributed by atoms with E-state index in [0.29, 0.717) is 0 Å². The molecule has 0 aliphatic heterocycles. The molecule has 19 heavy (non-hydrogen) atoms. The van der Waals surface area contributed by atoms with E-state index in [9.17, 15) is 0 Å². The van der Waals surface area contributed by atoms with Crippen LogP contribution in [0.3, 0.4) is 0 Å². The zero-order chi connectivity index (χ0) is 13.9. The van der Waals surface area contributed by atoms with E-state index in [1.54, 1.807) is 11.8 Å². The van der Waals surface area contributed by atoms with Gasteiger partial charge in [-0.25, -0.2) is 4.68 Å². The molecule has 1 heterocycles. The third kappa shape index (κ3) is 4.08. The van der Waals surface area contributed by atoms with Gasteiger partial charge in [0.1, 0.15) is 0 Å². The highest BCUT2D eigenvalue weighted by Gasteiger charge is 2.10. The van der Waals surface area contributed by atoms with Crippen LogP contribution in [0.15, 0.2) is 35.4 Å². The first-order valence-corrected chi connectivity index (χ1v) is 7.51. The Morgan fingerprint density at radius 2 is 1.89 bits per heavy atom. The third-order valence-electron chi connectivity index (χ3n) is 2.68. The maximum atomic E-state index is 4.18. The average Bonchev–Trinajstić information content (AvgIpc) is 2.84. The molecule has 102 valence electrons. The van der Waals surface area contributed by atoms with E-state index in [-0.39, 0.29) is 5.54 Å². The molecule has 0 saturated heterocycles. The molecular formula is C14H20N4S. The fourth-order valence-corrected chi connectivity index (χ4v) is 2.00. The second-order valence-electron chi connectivity index (χ2n) is 5.46. The van der Waals surface area contributed by atoms with E-state index in [1.807, 2.05) is 10.9 Å². The predicted molar refractivity (Wildman–Crippen MR) is 79.7 cm³/mol. The molecule has 2 aromatic rings. The molecule has 0 aliphatic rings. The number of aromatic nitrogens is 3. The van der Waals surface area contributed by atoms with Crippen LogP contribution in [0.5, 0.6) is 0 Å². The first kappa shape index (κ1) is 14.1. The van der Waals surface area contributed by atoms with Gasteiger partial charge in [-0.1, -0.05) is 5.21 Å². The summed E-state index contributed by atoms with van der Waals surface area (Å²) in [6.07, 6.45) is 4.04. The van der Waals surface area contributed by atoms with Crippen LogP contribution in [0, 0.1) is 0 Å². The van der Waals surface area contributed by atoms with Crippen LogP contribution >= 0.6 is 11.8 Å². The minimum absolute atomic E-state index is 0.0871. The molecule has 0 bridgehead atoms. The Balaban J connectivity index is 2.07. The summed E-state index contributed by atoms with van der Waals surface area (Å²) in [5.41, 5.74) is 2.07. The Hall–Kier alpha value is -1.33. The first-order valence-electron chi connectivity index (χ1n) is 6.28. The Morgan fingerprint density at radius 1 is 1.21 bits per heavy atom. The highest BCUT2D eigenvalue weighted by atomic mass is 32.2. The molecule has 0 atom stereocenters. The van der Waals surface area contributed by atoms with Crippen LogP contribution in [-0.4, -0.2) is 26.8 Å². The van der Waals surface area contributed by atoms with E-state index in [0.717, 1.165) is 17.9 Å². The van der Waals surface area contributed by atoms with E-state index in [4.69, 9.17) is 0 Å². The highest BCUT2D eigenvalue weighted by Crippen LogP contribution is 2.16. The summed E-state index contributed by atoms with van der Waals surface area (Å²) >= 11 is 1.73. The van der Waals surface area contributed by atoms with Gasteiger partial charge in [0.05, 0.1) is 17.6 Å². The molecular weight excluding hydrogens is 256 g/mol. The maximum Gasteiger partial charge on any atom is 0.0969 e. The summed E-state index contributed by atoms with van der Waals surface area (Å²) in [6.45, 7) is 7.14. The maximum absolute atomic E-state index is 4.18. The normalized spacial score (nSPS) is 11.8. The lowest BCUT2D eigenvalue weighted by molar-refractivity contribution is 0.421. The Kier molecular flexibility index (Phi) is 4.27. The zero-order valence-electron chi connectivity index (χ0n) is 11.8. The van der Waals surface area contributed by atoms with Gasteiger partial charge in [-0.3, -0.25) is 0 Å². The standard InChI is InChI=1S/C14H20N4S/c1-14(2,3)15-9-11-10-18(17-16-11)12-5-7-13(19-4)8-6-12/h5-8,10,15H,9H2,1-4H3. The van der Waals surface area contributed by atoms with Crippen LogP contribution in [0.2, 0.25) is 0 Å². The van der Waals surface area contributed by atoms with Crippen molar-refractivity contribution in [1.29, 1.82) is 0 Å². The molecule has 1 aromatic heterocycles. The van der Waals surface area contributed by atoms with Crippen molar-refractivity contribution < 1.29 is 0 Å². The van der Waals surface area contributed by atoms with Gasteiger partial charge < -0.3 is 5.32 Å². The van der Waals surface area contributed by atoms with Crippen LogP contribution in [0.1, 0.15) is 26.5 Å². The Bertz CT molecular complexity index is 525. The van der Waals surface area contributed by atoms with Crippen LogP contribution in [0.4, 0.5) is 0 Å². The van der Waals surface area contributed by atoms with Gasteiger partial charge in [0.15, 0.2) is 0 Å². The molecule has 1 N–H and O–H groups in total. The van der Waals surface area contributed by atoms with E-state index >= 15 is 0 Å². The van der Waals surface area contributed by atoms with E-state index in [2.05, 4.69) is 66.9 Å². The Morgan fingerprint density at radius 3 is 2.47 bits per heavy atom. The minimum atomic E-state index is 0.0871. The second-order valence-corrected chi connectivity index (χ2v) is 6.34. The number of nitrogens with one attached hydrogen (secondary N) is 1. The third-order valence-corrected chi connectivity index (χ3v) is 3.42. The second kappa shape index (κ2) is 5.75. The number of thioether (sulfide) groups is 1. The van der Waals surface area contributed by atoms with Gasteiger partial charge in [0.25, 0.3) is 0 Å². The van der Waals surface area contributed by atoms with Crippen molar-refractivity contribution in [3.8, 4) is 5.69 Å². The molecule has 1 aromatic carbocycles. The number of hydrogen-bond acceptors (Lipinski definition) is 4. The number of nitrogens with zero attached hydrogens (tertiary/aromatic N) is 3. The molecule has 0 aliphatic carbocycles. The van der Waals surface area contributed by atoms with Gasteiger partial charge in [-0.2, -0.15) is 0 Å². The van der Waals surface area contributed by atoms with Crippen molar-refractivity contribution in [2.75, 3.05) is 6.26 Å². The lowest BCUT2D eigenvalue weighted by Gasteiger charge is -2.19. The predicted octanol–water partition coefficient (Wildman–Crippen LogP) is 2.88. The van der Waals surface area contributed by atoms with Crippen molar-refractivity contribution in [2.45, 2.75) is 37.8 Å². The van der Waals surface area contributed by atoms with Crippen molar-refractivity contribution in [1.82, 2.24) is 20.3 Å². The smallest absolute Gasteiger partial charge is 0.0969 e. The van der Waals surface area contributed by atoms with Crippen molar-refractivity contribution in [2.24, 2.45) is 0 Å². The van der Waals surface area contributed by atoms with Gasteiger partial charge in [-0.05, 0) is 51.3 Å². The monoisotopic (exact) mass is 276 g/mol. The fraction of sp³-hybridized carbons (Fsp3) is 0.429. The van der Waals surface area contributed by atoms with Crippen molar-refractivity contribution >= 4 is 11.8 Å². The number of rotatable bonds is 4. The van der Waals surface area contributed by atoms with Crippen molar-refractivity contribution in [3.05, 3.63) is 36.2 Å². The molecule has 0 radical (unpaired) electrons. The van der Waals surface area contributed by atoms with E-state index in [1.165, 1.54) is 4.90 Å². The van der Waals surface area contributed by atoms with Crippen molar-refractivity contribution in [3.63, 3.8) is 0 Å². The molecule has 5 heteroatoms. The minimum Gasteiger partial charge on any atom is -0.306 e. The molecule has 2 rings (SSSR count). The summed E-state index contributed by atoms with van der Waals surface area (Å²) < 4.78 is 1.81. The van der Waals surface area contributed by atoms with Gasteiger partial charge in [-0.15, -0.1) is 16.9 Å². The number of benzene rings is 1. The summed E-state index contributed by atoms with van der Waals surface area (Å²) in [7, 11) is 0. The molecule has 0 fully saturated rings. The lowest BCUT2D eigenvalue weighted by atomic mass is 10.1. The molecule has 4 nitrogen and oxygen atoms in total. The Labute approximate surface area is 118 Å². The SMILES string of the molecule is CSc1ccc(-n2cc(CNC(C)(C)C)nn2)cc1. The summed E-state index contributed by atoms with van der Waals surface area (Å²) in [4.78, 5) is 1.25. The first-order chi connectivity index (χ1) is 8.98. The van der Waals surface area contributed by atoms with Crippen LogP contribution in [0.25, 0.3) is 5.69 Å². The lowest BCUT2D eigenvalue weighted by Crippen LogP contribution is -2.35.